The number of hydrogen-bond acceptors (Lipinski definition) is 4. The monoisotopic (exact) mass is 381 g/mol. The molecule has 1 saturated carbocycles. The molecule has 6 heteroatoms. The average molecular weight is 381 g/mol. The second-order valence-electron chi connectivity index (χ2n) is 7.52. The number of H-pyrrole nitrogens is 1. The van der Waals surface area contributed by atoms with Gasteiger partial charge in [-0.15, -0.1) is 0 Å². The lowest BCUT2D eigenvalue weighted by atomic mass is 9.97. The minimum atomic E-state index is -0.354. The number of nitriles is 1. The van der Waals surface area contributed by atoms with Crippen molar-refractivity contribution in [3.8, 4) is 17.2 Å². The van der Waals surface area contributed by atoms with Crippen LogP contribution in [0, 0.1) is 18.3 Å². The van der Waals surface area contributed by atoms with Gasteiger partial charge in [-0.1, -0.05) is 42.5 Å². The minimum Gasteiger partial charge on any atom is -0.244 e. The van der Waals surface area contributed by atoms with Crippen LogP contribution in [0.2, 0.25) is 0 Å². The number of aromatic amines is 1. The molecule has 5 rings (SSSR count). The fraction of sp³-hybridized carbons (Fsp3) is 0.217. The van der Waals surface area contributed by atoms with Gasteiger partial charge in [0.05, 0.1) is 17.3 Å². The predicted molar refractivity (Wildman–Crippen MR) is 110 cm³/mol. The van der Waals surface area contributed by atoms with Crippen LogP contribution in [-0.2, 0) is 6.42 Å². The molecule has 1 aliphatic rings. The first kappa shape index (κ1) is 17.4. The maximum absolute atomic E-state index is 11.9. The first-order chi connectivity index (χ1) is 14.1. The summed E-state index contributed by atoms with van der Waals surface area (Å²) in [6, 6.07) is 18.1. The van der Waals surface area contributed by atoms with E-state index in [0.29, 0.717) is 23.5 Å². The Morgan fingerprint density at radius 1 is 1.14 bits per heavy atom. The summed E-state index contributed by atoms with van der Waals surface area (Å²) in [5.74, 6) is 1.21. The van der Waals surface area contributed by atoms with Crippen molar-refractivity contribution in [2.45, 2.75) is 32.1 Å². The number of benzene rings is 2. The Bertz CT molecular complexity index is 1320. The quantitative estimate of drug-likeness (QED) is 0.583. The largest absolute Gasteiger partial charge is 0.362 e. The zero-order valence-electron chi connectivity index (χ0n) is 16.0. The van der Waals surface area contributed by atoms with E-state index in [4.69, 9.17) is 4.98 Å². The Balaban J connectivity index is 1.55. The third kappa shape index (κ3) is 3.11. The van der Waals surface area contributed by atoms with Gasteiger partial charge in [-0.05, 0) is 42.5 Å². The zero-order valence-corrected chi connectivity index (χ0v) is 16.0. The molecule has 6 nitrogen and oxygen atoms in total. The van der Waals surface area contributed by atoms with Crippen molar-refractivity contribution in [3.63, 3.8) is 0 Å². The van der Waals surface area contributed by atoms with Crippen LogP contribution in [0.25, 0.3) is 16.8 Å². The third-order valence-corrected chi connectivity index (χ3v) is 5.47. The van der Waals surface area contributed by atoms with E-state index in [0.717, 1.165) is 46.6 Å². The summed E-state index contributed by atoms with van der Waals surface area (Å²) in [6.45, 7) is 1.89. The summed E-state index contributed by atoms with van der Waals surface area (Å²) in [4.78, 5) is 20.8. The number of nitrogens with one attached hydrogen (secondary N) is 1. The van der Waals surface area contributed by atoms with E-state index in [1.165, 1.54) is 0 Å². The van der Waals surface area contributed by atoms with Crippen molar-refractivity contribution in [3.05, 3.63) is 87.2 Å². The van der Waals surface area contributed by atoms with Gasteiger partial charge >= 0.3 is 5.69 Å². The molecule has 0 saturated heterocycles. The number of aryl methyl sites for hydroxylation is 1. The fourth-order valence-electron chi connectivity index (χ4n) is 3.87. The second kappa shape index (κ2) is 6.71. The average Bonchev–Trinajstić information content (AvgIpc) is 3.51. The summed E-state index contributed by atoms with van der Waals surface area (Å²) in [5, 5.41) is 12.1. The normalized spacial score (nSPS) is 13.5. The molecular formula is C23H19N5O. The molecule has 142 valence electrons. The highest BCUT2D eigenvalue weighted by molar-refractivity contribution is 5.70. The van der Waals surface area contributed by atoms with Crippen LogP contribution < -0.4 is 5.69 Å². The van der Waals surface area contributed by atoms with E-state index in [1.807, 2.05) is 43.3 Å². The van der Waals surface area contributed by atoms with Gasteiger partial charge in [0.25, 0.3) is 0 Å². The van der Waals surface area contributed by atoms with Gasteiger partial charge in [0.15, 0.2) is 5.65 Å². The molecule has 1 fully saturated rings. The van der Waals surface area contributed by atoms with Crippen LogP contribution in [0.15, 0.2) is 53.3 Å². The standard InChI is InChI=1S/C23H19N5O/c1-14-25-21(17-10-11-17)20(22-26-23(29)27-28(14)22)12-15-6-8-16(9-7-15)19-5-3-2-4-18(19)13-24/h2-9,17H,10-12H2,1H3,(H,27,29). The molecule has 2 aromatic carbocycles. The first-order valence-electron chi connectivity index (χ1n) is 9.70. The van der Waals surface area contributed by atoms with Crippen molar-refractivity contribution < 1.29 is 0 Å². The molecule has 2 aromatic heterocycles. The number of nitrogens with zero attached hydrogens (tertiary/aromatic N) is 4. The highest BCUT2D eigenvalue weighted by atomic mass is 16.1. The number of hydrogen-bond donors (Lipinski definition) is 1. The van der Waals surface area contributed by atoms with Crippen molar-refractivity contribution in [1.82, 2.24) is 19.6 Å². The van der Waals surface area contributed by atoms with Crippen LogP contribution in [-0.4, -0.2) is 19.6 Å². The topological polar surface area (TPSA) is 86.8 Å². The Kier molecular flexibility index (Phi) is 4.02. The van der Waals surface area contributed by atoms with Crippen LogP contribution >= 0.6 is 0 Å². The van der Waals surface area contributed by atoms with Crippen LogP contribution in [0.3, 0.4) is 0 Å². The Morgan fingerprint density at radius 3 is 2.62 bits per heavy atom. The summed E-state index contributed by atoms with van der Waals surface area (Å²) in [6.07, 6.45) is 2.93. The van der Waals surface area contributed by atoms with E-state index in [9.17, 15) is 10.1 Å². The minimum absolute atomic E-state index is 0.354. The fourth-order valence-corrected chi connectivity index (χ4v) is 3.87. The van der Waals surface area contributed by atoms with E-state index < -0.39 is 0 Å². The van der Waals surface area contributed by atoms with Crippen molar-refractivity contribution in [2.24, 2.45) is 0 Å². The molecule has 1 N–H and O–H groups in total. The third-order valence-electron chi connectivity index (χ3n) is 5.47. The summed E-state index contributed by atoms with van der Waals surface area (Å²) in [5.41, 5.74) is 6.12. The Hall–Kier alpha value is -3.72. The smallest absolute Gasteiger partial charge is 0.244 e. The van der Waals surface area contributed by atoms with Crippen LogP contribution in [0.5, 0.6) is 0 Å². The molecule has 0 amide bonds. The molecule has 0 atom stereocenters. The molecule has 0 unspecified atom stereocenters. The molecule has 2 heterocycles. The first-order valence-corrected chi connectivity index (χ1v) is 9.70. The van der Waals surface area contributed by atoms with Gasteiger partial charge in [-0.3, -0.25) is 0 Å². The summed E-state index contributed by atoms with van der Waals surface area (Å²) >= 11 is 0. The maximum Gasteiger partial charge on any atom is 0.362 e. The van der Waals surface area contributed by atoms with Crippen molar-refractivity contribution in [2.75, 3.05) is 0 Å². The molecule has 1 aliphatic carbocycles. The number of rotatable bonds is 4. The summed E-state index contributed by atoms with van der Waals surface area (Å²) < 4.78 is 1.68. The molecule has 0 spiro atoms. The molecule has 0 aliphatic heterocycles. The highest BCUT2D eigenvalue weighted by Crippen LogP contribution is 2.42. The Morgan fingerprint density at radius 2 is 1.90 bits per heavy atom. The van der Waals surface area contributed by atoms with Gasteiger partial charge in [0, 0.05) is 17.9 Å². The van der Waals surface area contributed by atoms with Crippen LogP contribution in [0.1, 0.15) is 47.0 Å². The van der Waals surface area contributed by atoms with E-state index in [-0.39, 0.29) is 5.69 Å². The number of aromatic nitrogens is 4. The van der Waals surface area contributed by atoms with Gasteiger partial charge in [-0.2, -0.15) is 10.2 Å². The summed E-state index contributed by atoms with van der Waals surface area (Å²) in [7, 11) is 0. The van der Waals surface area contributed by atoms with Gasteiger partial charge in [0.2, 0.25) is 0 Å². The maximum atomic E-state index is 11.9. The highest BCUT2D eigenvalue weighted by Gasteiger charge is 2.30. The zero-order chi connectivity index (χ0) is 20.0. The Labute approximate surface area is 167 Å². The van der Waals surface area contributed by atoms with Gasteiger partial charge in [0.1, 0.15) is 5.82 Å². The van der Waals surface area contributed by atoms with Crippen LogP contribution in [0.4, 0.5) is 0 Å². The lowest BCUT2D eigenvalue weighted by Crippen LogP contribution is -2.08. The molecule has 29 heavy (non-hydrogen) atoms. The van der Waals surface area contributed by atoms with E-state index in [2.05, 4.69) is 28.3 Å². The SMILES string of the molecule is Cc1nc(C2CC2)c(Cc2ccc(-c3ccccc3C#N)cc2)c2nc(=O)[nH]n12. The number of fused-ring (bicyclic) bond motifs is 1. The second-order valence-corrected chi connectivity index (χ2v) is 7.52. The molecule has 4 aromatic rings. The van der Waals surface area contributed by atoms with Gasteiger partial charge < -0.3 is 0 Å². The molecule has 0 bridgehead atoms. The van der Waals surface area contributed by atoms with E-state index in [1.54, 1.807) is 4.52 Å². The molecular weight excluding hydrogens is 362 g/mol. The lowest BCUT2D eigenvalue weighted by molar-refractivity contribution is 0.809. The lowest BCUT2D eigenvalue weighted by Gasteiger charge is -2.12. The van der Waals surface area contributed by atoms with Crippen molar-refractivity contribution >= 4 is 5.65 Å². The van der Waals surface area contributed by atoms with E-state index >= 15 is 0 Å². The predicted octanol–water partition coefficient (Wildman–Crippen LogP) is 3.73. The molecule has 0 radical (unpaired) electrons. The van der Waals surface area contributed by atoms with Crippen molar-refractivity contribution in [1.29, 1.82) is 5.26 Å². The van der Waals surface area contributed by atoms with Gasteiger partial charge in [-0.25, -0.2) is 19.4 Å².